The van der Waals surface area contributed by atoms with Gasteiger partial charge in [-0.05, 0) is 41.5 Å². The Hall–Kier alpha value is -3.47. The maximum Gasteiger partial charge on any atom is 0.281 e. The van der Waals surface area contributed by atoms with Crippen LogP contribution in [0.25, 0.3) is 0 Å². The Morgan fingerprint density at radius 1 is 0.595 bits per heavy atom. The molecule has 4 heteroatoms. The molecule has 0 unspecified atom stereocenters. The normalized spacial score (nSPS) is 12.2. The third-order valence-corrected chi connectivity index (χ3v) is 10.4. The molecule has 0 heterocycles. The second-order valence-corrected chi connectivity index (χ2v) is 12.9. The van der Waals surface area contributed by atoms with Crippen LogP contribution in [0.4, 0.5) is 0 Å². The minimum absolute atomic E-state index is 0.200. The van der Waals surface area contributed by atoms with Crippen molar-refractivity contribution in [3.8, 4) is 0 Å². The topological polar surface area (TPSA) is 43.4 Å². The Balaban J connectivity index is 1.68. The maximum absolute atomic E-state index is 14.3. The predicted octanol–water partition coefficient (Wildman–Crippen LogP) is 9.59. The molecule has 3 nitrogen and oxygen atoms in total. The van der Waals surface area contributed by atoms with Gasteiger partial charge in [-0.25, -0.2) is 0 Å². The molecule has 42 heavy (non-hydrogen) atoms. The summed E-state index contributed by atoms with van der Waals surface area (Å²) in [7, 11) is -4.02. The van der Waals surface area contributed by atoms with Crippen LogP contribution < -0.4 is 0 Å². The number of hydrogen-bond acceptors (Lipinski definition) is 3. The van der Waals surface area contributed by atoms with E-state index < -0.39 is 14.9 Å². The summed E-state index contributed by atoms with van der Waals surface area (Å²) in [6.45, 7) is 6.63. The van der Waals surface area contributed by atoms with E-state index in [2.05, 4.69) is 68.1 Å². The highest BCUT2D eigenvalue weighted by Gasteiger charge is 2.47. The minimum Gasteiger partial charge on any atom is -0.269 e. The molecule has 0 saturated heterocycles. The minimum atomic E-state index is -4.02. The highest BCUT2D eigenvalue weighted by molar-refractivity contribution is 7.88. The summed E-state index contributed by atoms with van der Waals surface area (Å²) in [5.41, 5.74) is 3.48. The Bertz CT molecular complexity index is 1370. The Morgan fingerprint density at radius 2 is 1.02 bits per heavy atom. The van der Waals surface area contributed by atoms with E-state index in [9.17, 15) is 8.42 Å². The van der Waals surface area contributed by atoms with Crippen molar-refractivity contribution < 1.29 is 12.6 Å². The molecule has 0 amide bonds. The molecule has 0 fully saturated rings. The zero-order chi connectivity index (χ0) is 29.7. The summed E-state index contributed by atoms with van der Waals surface area (Å²) >= 11 is 0. The average Bonchev–Trinajstić information content (AvgIpc) is 3.04. The highest BCUT2D eigenvalue weighted by Crippen LogP contribution is 2.45. The monoisotopic (exact) mass is 580 g/mol. The van der Waals surface area contributed by atoms with Gasteiger partial charge in [0.2, 0.25) is 0 Å². The van der Waals surface area contributed by atoms with Crippen molar-refractivity contribution in [1.29, 1.82) is 0 Å². The van der Waals surface area contributed by atoms with Gasteiger partial charge in [0.25, 0.3) is 10.1 Å². The summed E-state index contributed by atoms with van der Waals surface area (Å²) in [5, 5.41) is 0. The first-order valence-corrected chi connectivity index (χ1v) is 16.7. The third kappa shape index (κ3) is 6.94. The van der Waals surface area contributed by atoms with Gasteiger partial charge in [-0.3, -0.25) is 4.18 Å². The average molecular weight is 581 g/mol. The van der Waals surface area contributed by atoms with Gasteiger partial charge >= 0.3 is 0 Å². The SMILES string of the molecule is C=CC(CCCCC(c1ccccc1)(c1ccccc1)S(=O)(=O)OCCCCCC)(c1ccccc1)c1ccccc1. The van der Waals surface area contributed by atoms with Crippen molar-refractivity contribution in [3.05, 3.63) is 156 Å². The quantitative estimate of drug-likeness (QED) is 0.0709. The Morgan fingerprint density at radius 3 is 1.45 bits per heavy atom. The summed E-state index contributed by atoms with van der Waals surface area (Å²) < 4.78 is 33.2. The molecule has 0 aromatic heterocycles. The molecule has 220 valence electrons. The van der Waals surface area contributed by atoms with Gasteiger partial charge in [0.1, 0.15) is 4.75 Å². The van der Waals surface area contributed by atoms with Gasteiger partial charge < -0.3 is 0 Å². The largest absolute Gasteiger partial charge is 0.281 e. The molecule has 0 radical (unpaired) electrons. The van der Waals surface area contributed by atoms with Crippen LogP contribution in [0.15, 0.2) is 134 Å². The summed E-state index contributed by atoms with van der Waals surface area (Å²) in [6, 6.07) is 40.2. The summed E-state index contributed by atoms with van der Waals surface area (Å²) in [6.07, 6.45) is 8.61. The van der Waals surface area contributed by atoms with Crippen LogP contribution in [0.2, 0.25) is 0 Å². The molecule has 4 rings (SSSR count). The number of unbranched alkanes of at least 4 members (excludes halogenated alkanes) is 4. The van der Waals surface area contributed by atoms with Gasteiger partial charge in [-0.15, -0.1) is 6.58 Å². The molecule has 0 saturated carbocycles. The lowest BCUT2D eigenvalue weighted by Crippen LogP contribution is -2.39. The first kappa shape index (κ1) is 31.5. The van der Waals surface area contributed by atoms with Crippen LogP contribution in [-0.2, 0) is 24.5 Å². The molecule has 0 spiro atoms. The third-order valence-electron chi connectivity index (χ3n) is 8.42. The van der Waals surface area contributed by atoms with E-state index in [4.69, 9.17) is 4.18 Å². The molecule has 4 aromatic rings. The van der Waals surface area contributed by atoms with Crippen LogP contribution in [-0.4, -0.2) is 15.0 Å². The molecule has 0 N–H and O–H groups in total. The van der Waals surface area contributed by atoms with Gasteiger partial charge in [0.15, 0.2) is 0 Å². The fraction of sp³-hybridized carbons (Fsp3) is 0.316. The zero-order valence-corrected chi connectivity index (χ0v) is 25.6. The van der Waals surface area contributed by atoms with Gasteiger partial charge in [-0.1, -0.05) is 166 Å². The number of rotatable bonds is 17. The second-order valence-electron chi connectivity index (χ2n) is 11.0. The Labute approximate surface area is 253 Å². The van der Waals surface area contributed by atoms with Crippen LogP contribution in [0.5, 0.6) is 0 Å². The van der Waals surface area contributed by atoms with Gasteiger partial charge in [0.05, 0.1) is 6.61 Å². The highest BCUT2D eigenvalue weighted by atomic mass is 32.2. The molecular formula is C38H44O3S. The van der Waals surface area contributed by atoms with Crippen molar-refractivity contribution >= 4 is 10.1 Å². The molecule has 0 aliphatic heterocycles. The summed E-state index contributed by atoms with van der Waals surface area (Å²) in [5.74, 6) is 0. The van der Waals surface area contributed by atoms with Gasteiger partial charge in [0, 0.05) is 5.41 Å². The van der Waals surface area contributed by atoms with E-state index >= 15 is 0 Å². The fourth-order valence-corrected chi connectivity index (χ4v) is 7.91. The second kappa shape index (κ2) is 15.1. The van der Waals surface area contributed by atoms with Crippen LogP contribution >= 0.6 is 0 Å². The standard InChI is InChI=1S/C38H44O3S/c1-3-5-6-21-32-41-42(39,40)38(35-26-15-9-16-27-35,36-28-17-10-18-29-36)31-20-19-30-37(4-2,33-22-11-7-12-23-33)34-24-13-8-14-25-34/h4,7-18,22-29H,2-3,5-6,19-21,30-32H2,1H3. The van der Waals surface area contributed by atoms with Crippen molar-refractivity contribution in [2.24, 2.45) is 0 Å². The van der Waals surface area contributed by atoms with Crippen LogP contribution in [0, 0.1) is 0 Å². The first-order chi connectivity index (χ1) is 20.5. The van der Waals surface area contributed by atoms with Crippen molar-refractivity contribution in [1.82, 2.24) is 0 Å². The molecule has 0 aliphatic rings. The number of hydrogen-bond donors (Lipinski definition) is 0. The van der Waals surface area contributed by atoms with Crippen molar-refractivity contribution in [3.63, 3.8) is 0 Å². The van der Waals surface area contributed by atoms with E-state index in [0.29, 0.717) is 12.8 Å². The van der Waals surface area contributed by atoms with E-state index in [-0.39, 0.29) is 12.0 Å². The molecule has 0 bridgehead atoms. The van der Waals surface area contributed by atoms with Crippen LogP contribution in [0.1, 0.15) is 80.5 Å². The lowest BCUT2D eigenvalue weighted by molar-refractivity contribution is 0.289. The zero-order valence-electron chi connectivity index (χ0n) is 24.8. The lowest BCUT2D eigenvalue weighted by atomic mass is 9.71. The van der Waals surface area contributed by atoms with Crippen LogP contribution in [0.3, 0.4) is 0 Å². The predicted molar refractivity (Wildman–Crippen MR) is 175 cm³/mol. The Kier molecular flexibility index (Phi) is 11.3. The smallest absolute Gasteiger partial charge is 0.269 e. The van der Waals surface area contributed by atoms with E-state index in [1.54, 1.807) is 0 Å². The lowest BCUT2D eigenvalue weighted by Gasteiger charge is -2.35. The van der Waals surface area contributed by atoms with E-state index in [0.717, 1.165) is 49.7 Å². The fourth-order valence-electron chi connectivity index (χ4n) is 6.12. The van der Waals surface area contributed by atoms with E-state index in [1.807, 2.05) is 72.8 Å². The number of allylic oxidation sites excluding steroid dienone is 1. The number of benzene rings is 4. The van der Waals surface area contributed by atoms with Crippen molar-refractivity contribution in [2.45, 2.75) is 68.5 Å². The molecule has 0 aliphatic carbocycles. The van der Waals surface area contributed by atoms with E-state index in [1.165, 1.54) is 11.1 Å². The molecular weight excluding hydrogens is 536 g/mol. The molecule has 0 atom stereocenters. The maximum atomic E-state index is 14.3. The van der Waals surface area contributed by atoms with Crippen molar-refractivity contribution in [2.75, 3.05) is 6.61 Å². The summed E-state index contributed by atoms with van der Waals surface area (Å²) in [4.78, 5) is 0. The van der Waals surface area contributed by atoms with Gasteiger partial charge in [-0.2, -0.15) is 8.42 Å². The first-order valence-electron chi connectivity index (χ1n) is 15.2. The molecule has 4 aromatic carbocycles.